The van der Waals surface area contributed by atoms with Crippen LogP contribution in [0.2, 0.25) is 0 Å². The highest BCUT2D eigenvalue weighted by atomic mass is 35.5. The molecule has 0 fully saturated rings. The van der Waals surface area contributed by atoms with Gasteiger partial charge in [0.2, 0.25) is 0 Å². The molecule has 1 heterocycles. The van der Waals surface area contributed by atoms with Crippen molar-refractivity contribution >= 4 is 40.8 Å². The lowest BCUT2D eigenvalue weighted by molar-refractivity contribution is -0.120. The Labute approximate surface area is 180 Å². The van der Waals surface area contributed by atoms with Crippen LogP contribution in [-0.2, 0) is 20.7 Å². The molecular formula is C23H23ClN2O4. The summed E-state index contributed by atoms with van der Waals surface area (Å²) in [5, 5.41) is 2.62. The van der Waals surface area contributed by atoms with Gasteiger partial charge >= 0.3 is 5.97 Å². The first-order valence-corrected chi connectivity index (χ1v) is 10.3. The van der Waals surface area contributed by atoms with Crippen molar-refractivity contribution in [1.29, 1.82) is 0 Å². The van der Waals surface area contributed by atoms with E-state index < -0.39 is 17.8 Å². The van der Waals surface area contributed by atoms with Crippen molar-refractivity contribution in [3.05, 3.63) is 70.4 Å². The SMILES string of the molecule is CCCCc1ccc(N2C(=O)C(Cl)=C(Nc3ccccc3C(=O)OCC)C2=O)cc1. The minimum Gasteiger partial charge on any atom is -0.462 e. The van der Waals surface area contributed by atoms with Gasteiger partial charge in [-0.3, -0.25) is 9.59 Å². The van der Waals surface area contributed by atoms with Crippen LogP contribution >= 0.6 is 11.6 Å². The van der Waals surface area contributed by atoms with E-state index in [1.165, 1.54) is 0 Å². The summed E-state index contributed by atoms with van der Waals surface area (Å²) < 4.78 is 5.05. The number of carbonyl (C=O) groups excluding carboxylic acids is 3. The van der Waals surface area contributed by atoms with Crippen molar-refractivity contribution in [2.75, 3.05) is 16.8 Å². The number of amides is 2. The van der Waals surface area contributed by atoms with Crippen LogP contribution in [0.1, 0.15) is 42.6 Å². The molecule has 0 saturated heterocycles. The standard InChI is InChI=1S/C23H23ClN2O4/c1-3-5-8-15-11-13-16(14-12-15)26-21(27)19(24)20(22(26)28)25-18-10-7-6-9-17(18)23(29)30-4-2/h6-7,9-14,25H,3-5,8H2,1-2H3. The fourth-order valence-electron chi connectivity index (χ4n) is 3.15. The largest absolute Gasteiger partial charge is 0.462 e. The zero-order valence-electron chi connectivity index (χ0n) is 16.9. The minimum atomic E-state index is -0.612. The van der Waals surface area contributed by atoms with Crippen LogP contribution in [0.5, 0.6) is 0 Å². The molecule has 0 aromatic heterocycles. The van der Waals surface area contributed by atoms with Gasteiger partial charge in [-0.25, -0.2) is 9.69 Å². The second-order valence-corrected chi connectivity index (χ2v) is 7.17. The molecule has 30 heavy (non-hydrogen) atoms. The normalized spacial score (nSPS) is 13.8. The van der Waals surface area contributed by atoms with E-state index in [1.54, 1.807) is 43.3 Å². The smallest absolute Gasteiger partial charge is 0.340 e. The van der Waals surface area contributed by atoms with Crippen LogP contribution in [0.15, 0.2) is 59.3 Å². The van der Waals surface area contributed by atoms with E-state index in [0.717, 1.165) is 29.7 Å². The van der Waals surface area contributed by atoms with Crippen molar-refractivity contribution in [2.24, 2.45) is 0 Å². The first-order valence-electron chi connectivity index (χ1n) is 9.88. The van der Waals surface area contributed by atoms with E-state index in [9.17, 15) is 14.4 Å². The van der Waals surface area contributed by atoms with Crippen molar-refractivity contribution in [2.45, 2.75) is 33.1 Å². The third-order valence-electron chi connectivity index (χ3n) is 4.72. The van der Waals surface area contributed by atoms with E-state index >= 15 is 0 Å². The Morgan fingerprint density at radius 3 is 2.40 bits per heavy atom. The Morgan fingerprint density at radius 1 is 1.03 bits per heavy atom. The number of esters is 1. The van der Waals surface area contributed by atoms with E-state index in [0.29, 0.717) is 11.4 Å². The number of aryl methyl sites for hydroxylation is 1. The summed E-state index contributed by atoms with van der Waals surface area (Å²) in [6.45, 7) is 4.05. The topological polar surface area (TPSA) is 75.7 Å². The Hall–Kier alpha value is -3.12. The number of anilines is 2. The molecule has 156 valence electrons. The molecule has 6 nitrogen and oxygen atoms in total. The average molecular weight is 427 g/mol. The summed E-state index contributed by atoms with van der Waals surface area (Å²) in [6, 6.07) is 13.9. The zero-order valence-corrected chi connectivity index (χ0v) is 17.7. The number of benzene rings is 2. The Kier molecular flexibility index (Phi) is 6.90. The number of ether oxygens (including phenoxy) is 1. The Bertz CT molecular complexity index is 999. The van der Waals surface area contributed by atoms with E-state index in [1.807, 2.05) is 12.1 Å². The number of imide groups is 1. The van der Waals surface area contributed by atoms with Crippen molar-refractivity contribution in [1.82, 2.24) is 0 Å². The van der Waals surface area contributed by atoms with Crippen LogP contribution in [0.25, 0.3) is 0 Å². The van der Waals surface area contributed by atoms with Crippen LogP contribution in [0, 0.1) is 0 Å². The van der Waals surface area contributed by atoms with Crippen LogP contribution in [0.3, 0.4) is 0 Å². The number of hydrogen-bond acceptors (Lipinski definition) is 5. The molecule has 0 radical (unpaired) electrons. The van der Waals surface area contributed by atoms with Gasteiger partial charge in [0.25, 0.3) is 11.8 Å². The summed E-state index contributed by atoms with van der Waals surface area (Å²) in [7, 11) is 0. The average Bonchev–Trinajstić information content (AvgIpc) is 2.96. The summed E-state index contributed by atoms with van der Waals surface area (Å²) in [4.78, 5) is 38.9. The number of nitrogens with zero attached hydrogens (tertiary/aromatic N) is 1. The molecule has 1 aliphatic rings. The highest BCUT2D eigenvalue weighted by Gasteiger charge is 2.39. The number of rotatable bonds is 8. The second kappa shape index (κ2) is 9.59. The predicted molar refractivity (Wildman–Crippen MR) is 116 cm³/mol. The molecule has 1 N–H and O–H groups in total. The fourth-order valence-corrected chi connectivity index (χ4v) is 3.36. The van der Waals surface area contributed by atoms with Gasteiger partial charge in [-0.05, 0) is 49.6 Å². The third-order valence-corrected chi connectivity index (χ3v) is 5.07. The number of nitrogens with one attached hydrogen (secondary N) is 1. The van der Waals surface area contributed by atoms with Gasteiger partial charge in [-0.2, -0.15) is 0 Å². The summed E-state index contributed by atoms with van der Waals surface area (Å²) in [5.74, 6) is -1.72. The third kappa shape index (κ3) is 4.39. The van der Waals surface area contributed by atoms with Gasteiger partial charge in [0.1, 0.15) is 10.7 Å². The lowest BCUT2D eigenvalue weighted by Gasteiger charge is -2.16. The second-order valence-electron chi connectivity index (χ2n) is 6.80. The minimum absolute atomic E-state index is 0.0755. The van der Waals surface area contributed by atoms with Crippen molar-refractivity contribution in [3.63, 3.8) is 0 Å². The van der Waals surface area contributed by atoms with Crippen molar-refractivity contribution < 1.29 is 19.1 Å². The molecule has 2 amide bonds. The molecule has 0 atom stereocenters. The molecule has 0 aliphatic carbocycles. The maximum Gasteiger partial charge on any atom is 0.340 e. The summed E-state index contributed by atoms with van der Waals surface area (Å²) in [5.41, 5.74) is 2.09. The maximum atomic E-state index is 13.0. The van der Waals surface area contributed by atoms with Crippen LogP contribution in [-0.4, -0.2) is 24.4 Å². The van der Waals surface area contributed by atoms with Gasteiger partial charge in [-0.1, -0.05) is 49.2 Å². The van der Waals surface area contributed by atoms with Crippen LogP contribution in [0.4, 0.5) is 11.4 Å². The van der Waals surface area contributed by atoms with E-state index in [2.05, 4.69) is 12.2 Å². The summed E-state index contributed by atoms with van der Waals surface area (Å²) >= 11 is 6.20. The molecule has 0 unspecified atom stereocenters. The van der Waals surface area contributed by atoms with Gasteiger partial charge in [0.05, 0.1) is 23.5 Å². The lowest BCUT2D eigenvalue weighted by atomic mass is 10.1. The predicted octanol–water partition coefficient (Wildman–Crippen LogP) is 4.64. The molecule has 7 heteroatoms. The molecule has 0 bridgehead atoms. The zero-order chi connectivity index (χ0) is 21.7. The first kappa shape index (κ1) is 21.6. The van der Waals surface area contributed by atoms with Crippen molar-refractivity contribution in [3.8, 4) is 0 Å². The number of halogens is 1. The molecule has 3 rings (SSSR count). The highest BCUT2D eigenvalue weighted by molar-refractivity contribution is 6.53. The number of hydrogen-bond donors (Lipinski definition) is 1. The maximum absolute atomic E-state index is 13.0. The van der Waals surface area contributed by atoms with Crippen LogP contribution < -0.4 is 10.2 Å². The monoisotopic (exact) mass is 426 g/mol. The lowest BCUT2D eigenvalue weighted by Crippen LogP contribution is -2.32. The summed E-state index contributed by atoms with van der Waals surface area (Å²) in [6.07, 6.45) is 3.10. The fraction of sp³-hybridized carbons (Fsp3) is 0.261. The van der Waals surface area contributed by atoms with Gasteiger partial charge in [-0.15, -0.1) is 0 Å². The quantitative estimate of drug-likeness (QED) is 0.491. The van der Waals surface area contributed by atoms with Gasteiger partial charge in [0.15, 0.2) is 0 Å². The molecule has 0 spiro atoms. The highest BCUT2D eigenvalue weighted by Crippen LogP contribution is 2.31. The molecule has 0 saturated carbocycles. The molecule has 2 aromatic rings. The Balaban J connectivity index is 1.84. The number of para-hydroxylation sites is 1. The van der Waals surface area contributed by atoms with E-state index in [-0.39, 0.29) is 22.9 Å². The molecule has 2 aromatic carbocycles. The number of carbonyl (C=O) groups is 3. The van der Waals surface area contributed by atoms with Gasteiger partial charge in [0, 0.05) is 0 Å². The van der Waals surface area contributed by atoms with E-state index in [4.69, 9.17) is 16.3 Å². The first-order chi connectivity index (χ1) is 14.5. The molecular weight excluding hydrogens is 404 g/mol. The molecule has 1 aliphatic heterocycles. The Morgan fingerprint density at radius 2 is 1.73 bits per heavy atom. The number of unbranched alkanes of at least 4 members (excludes halogenated alkanes) is 1. The van der Waals surface area contributed by atoms with Gasteiger partial charge < -0.3 is 10.1 Å².